The van der Waals surface area contributed by atoms with Crippen molar-refractivity contribution in [1.29, 1.82) is 0 Å². The van der Waals surface area contributed by atoms with Crippen molar-refractivity contribution in [3.8, 4) is 0 Å². The van der Waals surface area contributed by atoms with Crippen LogP contribution in [0.25, 0.3) is 10.8 Å². The van der Waals surface area contributed by atoms with E-state index in [1.807, 2.05) is 0 Å². The SMILES string of the molecule is CCS(=O)(=O)N1CCC(NC(=NC)NCCc2cccc3ccccc23)CC1.I. The number of guanidine groups is 1. The highest BCUT2D eigenvalue weighted by Crippen LogP contribution is 2.18. The van der Waals surface area contributed by atoms with Crippen molar-refractivity contribution in [1.82, 2.24) is 14.9 Å². The first-order valence-electron chi connectivity index (χ1n) is 9.95. The monoisotopic (exact) mass is 530 g/mol. The summed E-state index contributed by atoms with van der Waals surface area (Å²) < 4.78 is 25.6. The molecular weight excluding hydrogens is 499 g/mol. The number of nitrogens with zero attached hydrogens (tertiary/aromatic N) is 2. The molecule has 0 unspecified atom stereocenters. The van der Waals surface area contributed by atoms with Gasteiger partial charge in [0.2, 0.25) is 10.0 Å². The molecule has 0 aliphatic carbocycles. The van der Waals surface area contributed by atoms with Crippen molar-refractivity contribution in [3.63, 3.8) is 0 Å². The van der Waals surface area contributed by atoms with Crippen LogP contribution >= 0.6 is 24.0 Å². The van der Waals surface area contributed by atoms with Gasteiger partial charge < -0.3 is 10.6 Å². The Morgan fingerprint density at radius 2 is 1.83 bits per heavy atom. The Hall–Kier alpha value is -1.39. The number of benzene rings is 2. The average Bonchev–Trinajstić information content (AvgIpc) is 2.73. The van der Waals surface area contributed by atoms with Crippen molar-refractivity contribution in [2.75, 3.05) is 32.4 Å². The van der Waals surface area contributed by atoms with Crippen LogP contribution in [0.1, 0.15) is 25.3 Å². The summed E-state index contributed by atoms with van der Waals surface area (Å²) in [6.45, 7) is 3.62. The van der Waals surface area contributed by atoms with Gasteiger partial charge in [-0.2, -0.15) is 0 Å². The Morgan fingerprint density at radius 3 is 2.52 bits per heavy atom. The summed E-state index contributed by atoms with van der Waals surface area (Å²) in [4.78, 5) is 4.32. The fourth-order valence-electron chi connectivity index (χ4n) is 3.67. The summed E-state index contributed by atoms with van der Waals surface area (Å²) >= 11 is 0. The molecule has 2 N–H and O–H groups in total. The van der Waals surface area contributed by atoms with Crippen LogP contribution in [-0.2, 0) is 16.4 Å². The van der Waals surface area contributed by atoms with Crippen molar-refractivity contribution >= 4 is 50.7 Å². The Labute approximate surface area is 191 Å². The molecule has 0 saturated carbocycles. The van der Waals surface area contributed by atoms with Crippen LogP contribution in [-0.4, -0.2) is 57.2 Å². The zero-order chi connectivity index (χ0) is 20.0. The van der Waals surface area contributed by atoms with E-state index in [0.29, 0.717) is 13.1 Å². The highest BCUT2D eigenvalue weighted by atomic mass is 127. The summed E-state index contributed by atoms with van der Waals surface area (Å²) in [5, 5.41) is 9.38. The topological polar surface area (TPSA) is 73.8 Å². The summed E-state index contributed by atoms with van der Waals surface area (Å²) in [6, 6.07) is 15.1. The highest BCUT2D eigenvalue weighted by molar-refractivity contribution is 14.0. The molecule has 8 heteroatoms. The number of aliphatic imine (C=N–C) groups is 1. The minimum Gasteiger partial charge on any atom is -0.356 e. The molecule has 0 amide bonds. The fourth-order valence-corrected chi connectivity index (χ4v) is 4.81. The van der Waals surface area contributed by atoms with Gasteiger partial charge in [-0.15, -0.1) is 24.0 Å². The number of piperidine rings is 1. The van der Waals surface area contributed by atoms with Gasteiger partial charge >= 0.3 is 0 Å². The van der Waals surface area contributed by atoms with Crippen molar-refractivity contribution in [3.05, 3.63) is 48.0 Å². The van der Waals surface area contributed by atoms with Gasteiger partial charge in [-0.25, -0.2) is 12.7 Å². The van der Waals surface area contributed by atoms with Gasteiger partial charge in [0, 0.05) is 32.7 Å². The maximum atomic E-state index is 12.0. The minimum absolute atomic E-state index is 0. The van der Waals surface area contributed by atoms with E-state index in [2.05, 4.69) is 58.1 Å². The van der Waals surface area contributed by atoms with E-state index in [9.17, 15) is 8.42 Å². The van der Waals surface area contributed by atoms with Crippen LogP contribution in [0.3, 0.4) is 0 Å². The molecule has 6 nitrogen and oxygen atoms in total. The maximum Gasteiger partial charge on any atom is 0.213 e. The lowest BCUT2D eigenvalue weighted by molar-refractivity contribution is 0.306. The van der Waals surface area contributed by atoms with Gasteiger partial charge in [0.25, 0.3) is 0 Å². The van der Waals surface area contributed by atoms with Crippen LogP contribution in [0.5, 0.6) is 0 Å². The van der Waals surface area contributed by atoms with E-state index < -0.39 is 10.0 Å². The van der Waals surface area contributed by atoms with Crippen LogP contribution in [0, 0.1) is 0 Å². The molecule has 0 atom stereocenters. The van der Waals surface area contributed by atoms with E-state index in [4.69, 9.17) is 0 Å². The maximum absolute atomic E-state index is 12.0. The highest BCUT2D eigenvalue weighted by Gasteiger charge is 2.26. The normalized spacial score (nSPS) is 16.4. The number of sulfonamides is 1. The predicted molar refractivity (Wildman–Crippen MR) is 132 cm³/mol. The molecule has 2 aromatic rings. The molecule has 1 aliphatic rings. The Kier molecular flexibility index (Phi) is 9.16. The molecular formula is C21H31IN4O2S. The molecule has 0 aromatic heterocycles. The zero-order valence-electron chi connectivity index (χ0n) is 17.1. The second-order valence-corrected chi connectivity index (χ2v) is 9.36. The summed E-state index contributed by atoms with van der Waals surface area (Å²) in [5.41, 5.74) is 1.32. The number of nitrogens with one attached hydrogen (secondary N) is 2. The Balaban J connectivity index is 0.00000300. The first kappa shape index (κ1) is 23.9. The predicted octanol–water partition coefficient (Wildman–Crippen LogP) is 2.98. The van der Waals surface area contributed by atoms with Gasteiger partial charge in [-0.1, -0.05) is 42.5 Å². The largest absolute Gasteiger partial charge is 0.356 e. The van der Waals surface area contributed by atoms with Crippen LogP contribution in [0.15, 0.2) is 47.5 Å². The van der Waals surface area contributed by atoms with Crippen LogP contribution in [0.2, 0.25) is 0 Å². The molecule has 1 aliphatic heterocycles. The summed E-state index contributed by atoms with van der Waals surface area (Å²) in [5.74, 6) is 0.944. The lowest BCUT2D eigenvalue weighted by Crippen LogP contribution is -2.50. The molecule has 0 spiro atoms. The molecule has 0 radical (unpaired) electrons. The quantitative estimate of drug-likeness (QED) is 0.342. The number of rotatable bonds is 6. The number of hydrogen-bond acceptors (Lipinski definition) is 3. The Morgan fingerprint density at radius 1 is 1.14 bits per heavy atom. The standard InChI is InChI=1S/C21H30N4O2S.HI/c1-3-28(26,27)25-15-12-19(13-16-25)24-21(22-2)23-14-11-18-9-6-8-17-7-4-5-10-20(17)18;/h4-10,19H,3,11-16H2,1-2H3,(H2,22,23,24);1H. The van der Waals surface area contributed by atoms with Gasteiger partial charge in [0.15, 0.2) is 5.96 Å². The lowest BCUT2D eigenvalue weighted by atomic mass is 10.0. The van der Waals surface area contributed by atoms with Crippen molar-refractivity contribution < 1.29 is 8.42 Å². The summed E-state index contributed by atoms with van der Waals surface area (Å²) in [6.07, 6.45) is 2.50. The van der Waals surface area contributed by atoms with E-state index in [1.165, 1.54) is 16.3 Å². The first-order valence-corrected chi connectivity index (χ1v) is 11.6. The fraction of sp³-hybridized carbons (Fsp3) is 0.476. The molecule has 1 fully saturated rings. The lowest BCUT2D eigenvalue weighted by Gasteiger charge is -2.32. The van der Waals surface area contributed by atoms with Crippen LogP contribution in [0.4, 0.5) is 0 Å². The third kappa shape index (κ3) is 6.29. The van der Waals surface area contributed by atoms with Gasteiger partial charge in [0.1, 0.15) is 0 Å². The first-order chi connectivity index (χ1) is 13.5. The average molecular weight is 530 g/mol. The number of halogens is 1. The second-order valence-electron chi connectivity index (χ2n) is 7.11. The van der Waals surface area contributed by atoms with Gasteiger partial charge in [0.05, 0.1) is 5.75 Å². The van der Waals surface area contributed by atoms with E-state index in [0.717, 1.165) is 31.8 Å². The zero-order valence-corrected chi connectivity index (χ0v) is 20.2. The van der Waals surface area contributed by atoms with Crippen molar-refractivity contribution in [2.45, 2.75) is 32.2 Å². The molecule has 160 valence electrons. The third-order valence-corrected chi connectivity index (χ3v) is 7.22. The summed E-state index contributed by atoms with van der Waals surface area (Å²) in [7, 11) is -1.31. The van der Waals surface area contributed by atoms with Crippen LogP contribution < -0.4 is 10.6 Å². The molecule has 0 bridgehead atoms. The molecule has 3 rings (SSSR count). The van der Waals surface area contributed by atoms with E-state index in [1.54, 1.807) is 18.3 Å². The number of fused-ring (bicyclic) bond motifs is 1. The van der Waals surface area contributed by atoms with E-state index in [-0.39, 0.29) is 35.8 Å². The van der Waals surface area contributed by atoms with Crippen molar-refractivity contribution in [2.24, 2.45) is 4.99 Å². The Bertz CT molecular complexity index is 920. The smallest absolute Gasteiger partial charge is 0.213 e. The molecule has 1 saturated heterocycles. The van der Waals surface area contributed by atoms with E-state index >= 15 is 0 Å². The minimum atomic E-state index is -3.08. The molecule has 29 heavy (non-hydrogen) atoms. The number of hydrogen-bond donors (Lipinski definition) is 2. The van der Waals surface area contributed by atoms with Gasteiger partial charge in [-0.05, 0) is 42.5 Å². The second kappa shape index (κ2) is 11.1. The third-order valence-electron chi connectivity index (χ3n) is 5.34. The van der Waals surface area contributed by atoms with Gasteiger partial charge in [-0.3, -0.25) is 4.99 Å². The molecule has 1 heterocycles. The molecule has 2 aromatic carbocycles.